The molecule has 0 aliphatic carbocycles. The molecule has 0 saturated carbocycles. The van der Waals surface area contributed by atoms with E-state index in [0.29, 0.717) is 6.42 Å². The fraction of sp³-hybridized carbons (Fsp3) is 0.267. The third-order valence-electron chi connectivity index (χ3n) is 2.88. The summed E-state index contributed by atoms with van der Waals surface area (Å²) in [5.74, 6) is 0. The van der Waals surface area contributed by atoms with Crippen LogP contribution in [0.3, 0.4) is 0 Å². The monoisotopic (exact) mass is 305 g/mol. The van der Waals surface area contributed by atoms with Crippen LogP contribution in [0.5, 0.6) is 0 Å². The Labute approximate surface area is 116 Å². The fourth-order valence-corrected chi connectivity index (χ4v) is 2.37. The van der Waals surface area contributed by atoms with Crippen LogP contribution in [0.1, 0.15) is 17.5 Å². The van der Waals surface area contributed by atoms with E-state index < -0.39 is 0 Å². The predicted octanol–water partition coefficient (Wildman–Crippen LogP) is 3.38. The number of aliphatic hydroxyl groups is 1. The lowest BCUT2D eigenvalue weighted by molar-refractivity contribution is 0.165. The molecule has 2 rings (SSSR count). The van der Waals surface area contributed by atoms with Gasteiger partial charge in [0.05, 0.1) is 6.10 Å². The van der Waals surface area contributed by atoms with Crippen LogP contribution in [0.4, 0.5) is 0 Å². The van der Waals surface area contributed by atoms with Crippen molar-refractivity contribution in [2.45, 2.75) is 25.4 Å². The number of pyridine rings is 1. The molecule has 1 heterocycles. The summed E-state index contributed by atoms with van der Waals surface area (Å²) in [4.78, 5) is 3.98. The molecule has 0 aliphatic rings. The zero-order valence-corrected chi connectivity index (χ0v) is 11.7. The van der Waals surface area contributed by atoms with Crippen LogP contribution in [0.2, 0.25) is 0 Å². The van der Waals surface area contributed by atoms with Crippen molar-refractivity contribution in [1.29, 1.82) is 0 Å². The molecule has 0 fully saturated rings. The van der Waals surface area contributed by atoms with Crippen molar-refractivity contribution in [3.63, 3.8) is 0 Å². The maximum Gasteiger partial charge on any atom is 0.0583 e. The smallest absolute Gasteiger partial charge is 0.0583 e. The molecular weight excluding hydrogens is 290 g/mol. The van der Waals surface area contributed by atoms with Gasteiger partial charge in [0.25, 0.3) is 0 Å². The quantitative estimate of drug-likeness (QED) is 0.918. The SMILES string of the molecule is OC(CCc1ccncc1)Cc1cccc(Br)c1. The van der Waals surface area contributed by atoms with Crippen LogP contribution >= 0.6 is 15.9 Å². The average Bonchev–Trinajstić information content (AvgIpc) is 2.38. The molecule has 1 aromatic carbocycles. The summed E-state index contributed by atoms with van der Waals surface area (Å²) in [7, 11) is 0. The van der Waals surface area contributed by atoms with E-state index in [9.17, 15) is 5.11 Å². The van der Waals surface area contributed by atoms with Crippen LogP contribution < -0.4 is 0 Å². The van der Waals surface area contributed by atoms with Crippen molar-refractivity contribution in [3.05, 3.63) is 64.4 Å². The molecule has 0 aliphatic heterocycles. The van der Waals surface area contributed by atoms with E-state index in [2.05, 4.69) is 27.0 Å². The Morgan fingerprint density at radius 2 is 1.89 bits per heavy atom. The van der Waals surface area contributed by atoms with Gasteiger partial charge in [0.2, 0.25) is 0 Å². The molecule has 0 amide bonds. The molecule has 0 bridgehead atoms. The van der Waals surface area contributed by atoms with Gasteiger partial charge in [-0.1, -0.05) is 28.1 Å². The number of nitrogens with zero attached hydrogens (tertiary/aromatic N) is 1. The number of hydrogen-bond donors (Lipinski definition) is 1. The number of rotatable bonds is 5. The molecule has 0 saturated heterocycles. The van der Waals surface area contributed by atoms with Gasteiger partial charge in [-0.05, 0) is 54.7 Å². The highest BCUT2D eigenvalue weighted by Crippen LogP contribution is 2.14. The molecule has 1 unspecified atom stereocenters. The Balaban J connectivity index is 1.84. The van der Waals surface area contributed by atoms with Gasteiger partial charge in [0, 0.05) is 16.9 Å². The van der Waals surface area contributed by atoms with Crippen LogP contribution in [0, 0.1) is 0 Å². The summed E-state index contributed by atoms with van der Waals surface area (Å²) in [5, 5.41) is 10.0. The van der Waals surface area contributed by atoms with E-state index in [1.165, 1.54) is 5.56 Å². The predicted molar refractivity (Wildman–Crippen MR) is 76.4 cm³/mol. The van der Waals surface area contributed by atoms with Gasteiger partial charge in [-0.15, -0.1) is 0 Å². The Kier molecular flexibility index (Phi) is 4.90. The maximum absolute atomic E-state index is 10.0. The lowest BCUT2D eigenvalue weighted by Gasteiger charge is -2.10. The van der Waals surface area contributed by atoms with Crippen LogP contribution in [-0.4, -0.2) is 16.2 Å². The van der Waals surface area contributed by atoms with Gasteiger partial charge >= 0.3 is 0 Å². The summed E-state index contributed by atoms with van der Waals surface area (Å²) >= 11 is 3.44. The second-order valence-corrected chi connectivity index (χ2v) is 5.30. The topological polar surface area (TPSA) is 33.1 Å². The third kappa shape index (κ3) is 4.24. The van der Waals surface area contributed by atoms with Gasteiger partial charge in [-0.3, -0.25) is 4.98 Å². The maximum atomic E-state index is 10.0. The Hall–Kier alpha value is -1.19. The zero-order valence-electron chi connectivity index (χ0n) is 10.1. The molecule has 1 aromatic heterocycles. The second-order valence-electron chi connectivity index (χ2n) is 4.38. The number of hydrogen-bond acceptors (Lipinski definition) is 2. The highest BCUT2D eigenvalue weighted by Gasteiger charge is 2.06. The Morgan fingerprint density at radius 1 is 1.11 bits per heavy atom. The summed E-state index contributed by atoms with van der Waals surface area (Å²) in [6.07, 6.45) is 5.64. The van der Waals surface area contributed by atoms with Crippen molar-refractivity contribution in [3.8, 4) is 0 Å². The summed E-state index contributed by atoms with van der Waals surface area (Å²) in [5.41, 5.74) is 2.38. The lowest BCUT2D eigenvalue weighted by Crippen LogP contribution is -2.11. The van der Waals surface area contributed by atoms with Crippen LogP contribution in [0.15, 0.2) is 53.3 Å². The highest BCUT2D eigenvalue weighted by molar-refractivity contribution is 9.10. The molecule has 94 valence electrons. The van der Waals surface area contributed by atoms with E-state index in [0.717, 1.165) is 22.9 Å². The minimum absolute atomic E-state index is 0.299. The van der Waals surface area contributed by atoms with Gasteiger partial charge in [-0.2, -0.15) is 0 Å². The molecule has 1 atom stereocenters. The largest absolute Gasteiger partial charge is 0.393 e. The van der Waals surface area contributed by atoms with Crippen molar-refractivity contribution >= 4 is 15.9 Å². The highest BCUT2D eigenvalue weighted by atomic mass is 79.9. The summed E-state index contributed by atoms with van der Waals surface area (Å²) in [6, 6.07) is 12.1. The van der Waals surface area contributed by atoms with E-state index in [4.69, 9.17) is 0 Å². The van der Waals surface area contributed by atoms with Crippen LogP contribution in [0.25, 0.3) is 0 Å². The number of aromatic nitrogens is 1. The van der Waals surface area contributed by atoms with E-state index in [1.807, 2.05) is 30.3 Å². The molecule has 1 N–H and O–H groups in total. The fourth-order valence-electron chi connectivity index (χ4n) is 1.92. The molecular formula is C15H16BrNO. The first kappa shape index (κ1) is 13.2. The van der Waals surface area contributed by atoms with E-state index >= 15 is 0 Å². The Bertz CT molecular complexity index is 487. The van der Waals surface area contributed by atoms with Crippen molar-refractivity contribution in [2.75, 3.05) is 0 Å². The molecule has 18 heavy (non-hydrogen) atoms. The number of benzene rings is 1. The van der Waals surface area contributed by atoms with Crippen molar-refractivity contribution in [1.82, 2.24) is 4.98 Å². The van der Waals surface area contributed by atoms with Gasteiger partial charge in [0.1, 0.15) is 0 Å². The number of halogens is 1. The van der Waals surface area contributed by atoms with Crippen molar-refractivity contribution in [2.24, 2.45) is 0 Å². The van der Waals surface area contributed by atoms with Crippen LogP contribution in [-0.2, 0) is 12.8 Å². The minimum atomic E-state index is -0.299. The normalized spacial score (nSPS) is 12.3. The van der Waals surface area contributed by atoms with Gasteiger partial charge in [0.15, 0.2) is 0 Å². The van der Waals surface area contributed by atoms with Gasteiger partial charge < -0.3 is 5.11 Å². The van der Waals surface area contributed by atoms with E-state index in [-0.39, 0.29) is 6.10 Å². The molecule has 3 heteroatoms. The first-order valence-corrected chi connectivity index (χ1v) is 6.85. The van der Waals surface area contributed by atoms with Gasteiger partial charge in [-0.25, -0.2) is 0 Å². The average molecular weight is 306 g/mol. The first-order valence-electron chi connectivity index (χ1n) is 6.05. The molecule has 2 aromatic rings. The lowest BCUT2D eigenvalue weighted by atomic mass is 10.0. The molecule has 0 radical (unpaired) electrons. The molecule has 2 nitrogen and oxygen atoms in total. The Morgan fingerprint density at radius 3 is 2.61 bits per heavy atom. The third-order valence-corrected chi connectivity index (χ3v) is 3.37. The standard InChI is InChI=1S/C15H16BrNO/c16-14-3-1-2-13(10-14)11-15(18)5-4-12-6-8-17-9-7-12/h1-3,6-10,15,18H,4-5,11H2. The zero-order chi connectivity index (χ0) is 12.8. The summed E-state index contributed by atoms with van der Waals surface area (Å²) in [6.45, 7) is 0. The summed E-state index contributed by atoms with van der Waals surface area (Å²) < 4.78 is 1.06. The number of aliphatic hydroxyl groups excluding tert-OH is 1. The minimum Gasteiger partial charge on any atom is -0.393 e. The van der Waals surface area contributed by atoms with E-state index in [1.54, 1.807) is 12.4 Å². The molecule has 0 spiro atoms. The first-order chi connectivity index (χ1) is 8.74. The van der Waals surface area contributed by atoms with Crippen molar-refractivity contribution < 1.29 is 5.11 Å². The second kappa shape index (κ2) is 6.66. The number of aryl methyl sites for hydroxylation is 1.